The third-order valence-corrected chi connectivity index (χ3v) is 4.07. The molecule has 0 radical (unpaired) electrons. The molecule has 1 heterocycles. The number of allylic oxidation sites excluding steroid dienone is 1. The van der Waals surface area contributed by atoms with Crippen molar-refractivity contribution in [3.63, 3.8) is 0 Å². The van der Waals surface area contributed by atoms with Gasteiger partial charge in [0.05, 0.1) is 13.3 Å². The van der Waals surface area contributed by atoms with Crippen LogP contribution in [0.1, 0.15) is 11.1 Å². The zero-order chi connectivity index (χ0) is 18.5. The number of nitrogens with one attached hydrogen (secondary N) is 1. The number of H-pyrrole nitrogens is 1. The highest BCUT2D eigenvalue weighted by atomic mass is 32.1. The Bertz CT molecular complexity index is 1020. The number of rotatable bonds is 6. The molecule has 0 amide bonds. The highest BCUT2D eigenvalue weighted by Crippen LogP contribution is 2.24. The molecular weight excluding hydrogens is 348 g/mol. The molecule has 2 aromatic carbocycles. The first-order valence-corrected chi connectivity index (χ1v) is 8.33. The molecule has 3 aromatic rings. The zero-order valence-electron chi connectivity index (χ0n) is 14.2. The molecule has 0 atom stereocenters. The number of phenols is 1. The van der Waals surface area contributed by atoms with Crippen molar-refractivity contribution < 1.29 is 9.84 Å². The minimum Gasteiger partial charge on any atom is -0.507 e. The number of ether oxygens (including phenoxy) is 1. The van der Waals surface area contributed by atoms with Gasteiger partial charge in [0.2, 0.25) is 4.77 Å². The molecule has 0 aliphatic heterocycles. The van der Waals surface area contributed by atoms with Crippen LogP contribution in [0.2, 0.25) is 0 Å². The van der Waals surface area contributed by atoms with Crippen LogP contribution in [0, 0.1) is 4.77 Å². The predicted molar refractivity (Wildman–Crippen MR) is 104 cm³/mol. The SMILES string of the molecule is C=CCc1cccc(C=Nn2c(-c3cccc(OC)c3)n[nH]c2=S)c1O. The molecule has 132 valence electrons. The Hall–Kier alpha value is -3.19. The molecule has 0 fully saturated rings. The number of aromatic hydroxyl groups is 1. The van der Waals surface area contributed by atoms with Gasteiger partial charge in [-0.3, -0.25) is 0 Å². The molecule has 0 saturated carbocycles. The molecule has 1 aromatic heterocycles. The van der Waals surface area contributed by atoms with E-state index in [0.717, 1.165) is 11.1 Å². The molecule has 26 heavy (non-hydrogen) atoms. The summed E-state index contributed by atoms with van der Waals surface area (Å²) in [4.78, 5) is 0. The van der Waals surface area contributed by atoms with Gasteiger partial charge in [-0.15, -0.1) is 6.58 Å². The van der Waals surface area contributed by atoms with Crippen LogP contribution in [-0.2, 0) is 6.42 Å². The van der Waals surface area contributed by atoms with Gasteiger partial charge in [0.15, 0.2) is 5.82 Å². The van der Waals surface area contributed by atoms with Crippen LogP contribution in [0.5, 0.6) is 11.5 Å². The zero-order valence-corrected chi connectivity index (χ0v) is 15.0. The van der Waals surface area contributed by atoms with Gasteiger partial charge >= 0.3 is 0 Å². The second-order valence-electron chi connectivity index (χ2n) is 5.49. The first-order valence-electron chi connectivity index (χ1n) is 7.92. The quantitative estimate of drug-likeness (QED) is 0.394. The molecule has 7 heteroatoms. The van der Waals surface area contributed by atoms with Gasteiger partial charge in [-0.05, 0) is 42.4 Å². The van der Waals surface area contributed by atoms with Crippen molar-refractivity contribution in [1.29, 1.82) is 0 Å². The van der Waals surface area contributed by atoms with Crippen molar-refractivity contribution in [1.82, 2.24) is 14.9 Å². The van der Waals surface area contributed by atoms with Gasteiger partial charge in [0, 0.05) is 11.1 Å². The van der Waals surface area contributed by atoms with Gasteiger partial charge in [-0.25, -0.2) is 5.10 Å². The number of nitrogens with zero attached hydrogens (tertiary/aromatic N) is 3. The van der Waals surface area contributed by atoms with E-state index in [0.29, 0.717) is 28.3 Å². The normalized spacial score (nSPS) is 11.0. The Morgan fingerprint density at radius 2 is 2.15 bits per heavy atom. The third kappa shape index (κ3) is 3.57. The van der Waals surface area contributed by atoms with Crippen molar-refractivity contribution in [3.05, 3.63) is 71.0 Å². The Kier molecular flexibility index (Phi) is 5.28. The van der Waals surface area contributed by atoms with Gasteiger partial charge in [0.25, 0.3) is 0 Å². The van der Waals surface area contributed by atoms with E-state index in [2.05, 4.69) is 21.9 Å². The van der Waals surface area contributed by atoms with Crippen LogP contribution >= 0.6 is 12.2 Å². The molecule has 0 spiro atoms. The fraction of sp³-hybridized carbons (Fsp3) is 0.105. The van der Waals surface area contributed by atoms with Crippen molar-refractivity contribution in [2.45, 2.75) is 6.42 Å². The highest BCUT2D eigenvalue weighted by Gasteiger charge is 2.10. The first kappa shape index (κ1) is 17.6. The van der Waals surface area contributed by atoms with E-state index in [1.54, 1.807) is 25.5 Å². The van der Waals surface area contributed by atoms with Crippen LogP contribution in [-0.4, -0.2) is 33.3 Å². The van der Waals surface area contributed by atoms with Crippen LogP contribution < -0.4 is 4.74 Å². The van der Waals surface area contributed by atoms with E-state index in [-0.39, 0.29) is 5.75 Å². The van der Waals surface area contributed by atoms with Crippen molar-refractivity contribution in [2.24, 2.45) is 5.10 Å². The van der Waals surface area contributed by atoms with E-state index in [1.807, 2.05) is 36.4 Å². The number of methoxy groups -OCH3 is 1. The highest BCUT2D eigenvalue weighted by molar-refractivity contribution is 7.71. The number of para-hydroxylation sites is 1. The van der Waals surface area contributed by atoms with Crippen LogP contribution in [0.4, 0.5) is 0 Å². The first-order chi connectivity index (χ1) is 12.6. The van der Waals surface area contributed by atoms with Gasteiger partial charge in [-0.1, -0.05) is 30.3 Å². The summed E-state index contributed by atoms with van der Waals surface area (Å²) in [5.41, 5.74) is 2.18. The number of hydrogen-bond acceptors (Lipinski definition) is 5. The maximum atomic E-state index is 10.4. The molecule has 0 aliphatic carbocycles. The summed E-state index contributed by atoms with van der Waals surface area (Å²) in [6.45, 7) is 3.70. The summed E-state index contributed by atoms with van der Waals surface area (Å²) in [6, 6.07) is 12.9. The second-order valence-corrected chi connectivity index (χ2v) is 5.88. The lowest BCUT2D eigenvalue weighted by atomic mass is 10.1. The third-order valence-electron chi connectivity index (χ3n) is 3.81. The van der Waals surface area contributed by atoms with E-state index in [1.165, 1.54) is 4.68 Å². The van der Waals surface area contributed by atoms with Gasteiger partial charge in [0.1, 0.15) is 11.5 Å². The number of hydrogen-bond donors (Lipinski definition) is 2. The summed E-state index contributed by atoms with van der Waals surface area (Å²) in [6.07, 6.45) is 3.87. The monoisotopic (exact) mass is 366 g/mol. The number of benzene rings is 2. The van der Waals surface area contributed by atoms with E-state index in [4.69, 9.17) is 17.0 Å². The average Bonchev–Trinajstić information content (AvgIpc) is 3.03. The van der Waals surface area contributed by atoms with E-state index >= 15 is 0 Å². The summed E-state index contributed by atoms with van der Waals surface area (Å²) >= 11 is 5.27. The maximum absolute atomic E-state index is 10.4. The Balaban J connectivity index is 2.00. The number of aromatic amines is 1. The molecule has 0 bridgehead atoms. The lowest BCUT2D eigenvalue weighted by molar-refractivity contribution is 0.415. The van der Waals surface area contributed by atoms with Crippen molar-refractivity contribution in [3.8, 4) is 22.9 Å². The molecule has 0 saturated heterocycles. The summed E-state index contributed by atoms with van der Waals surface area (Å²) < 4.78 is 7.10. The molecule has 2 N–H and O–H groups in total. The molecular formula is C19H18N4O2S. The standard InChI is InChI=1S/C19H18N4O2S/c1-3-6-13-7-4-9-15(17(13)24)12-20-23-18(21-22-19(23)26)14-8-5-10-16(11-14)25-2/h3-5,7-12,24H,1,6H2,2H3,(H,22,26). The predicted octanol–water partition coefficient (Wildman–Crippen LogP) is 3.93. The topological polar surface area (TPSA) is 75.4 Å². The average molecular weight is 366 g/mol. The Morgan fingerprint density at radius 3 is 2.92 bits per heavy atom. The van der Waals surface area contributed by atoms with Gasteiger partial charge in [-0.2, -0.15) is 14.9 Å². The summed E-state index contributed by atoms with van der Waals surface area (Å²) in [5.74, 6) is 1.43. The second kappa shape index (κ2) is 7.79. The van der Waals surface area contributed by atoms with Gasteiger partial charge < -0.3 is 9.84 Å². The van der Waals surface area contributed by atoms with Crippen molar-refractivity contribution in [2.75, 3.05) is 7.11 Å². The molecule has 0 unspecified atom stereocenters. The largest absolute Gasteiger partial charge is 0.507 e. The van der Waals surface area contributed by atoms with E-state index < -0.39 is 0 Å². The smallest absolute Gasteiger partial charge is 0.216 e. The van der Waals surface area contributed by atoms with Crippen LogP contribution in [0.25, 0.3) is 11.4 Å². The van der Waals surface area contributed by atoms with E-state index in [9.17, 15) is 5.11 Å². The minimum absolute atomic E-state index is 0.175. The Morgan fingerprint density at radius 1 is 1.35 bits per heavy atom. The lowest BCUT2D eigenvalue weighted by Crippen LogP contribution is -1.96. The Labute approximate surface area is 156 Å². The number of phenolic OH excluding ortho intramolecular Hbond substituents is 1. The maximum Gasteiger partial charge on any atom is 0.216 e. The minimum atomic E-state index is 0.175. The fourth-order valence-electron chi connectivity index (χ4n) is 2.50. The van der Waals surface area contributed by atoms with Crippen LogP contribution in [0.15, 0.2) is 60.2 Å². The number of aromatic nitrogens is 3. The lowest BCUT2D eigenvalue weighted by Gasteiger charge is -2.06. The summed E-state index contributed by atoms with van der Waals surface area (Å²) in [7, 11) is 1.60. The molecule has 0 aliphatic rings. The van der Waals surface area contributed by atoms with Crippen LogP contribution in [0.3, 0.4) is 0 Å². The fourth-order valence-corrected chi connectivity index (χ4v) is 2.68. The molecule has 3 rings (SSSR count). The molecule has 6 nitrogen and oxygen atoms in total. The van der Waals surface area contributed by atoms with Crippen molar-refractivity contribution >= 4 is 18.4 Å². The summed E-state index contributed by atoms with van der Waals surface area (Å²) in [5, 5.41) is 21.7.